The van der Waals surface area contributed by atoms with Gasteiger partial charge in [0.1, 0.15) is 0 Å². The van der Waals surface area contributed by atoms with Gasteiger partial charge in [-0.3, -0.25) is 4.79 Å². The monoisotopic (exact) mass is 400 g/mol. The van der Waals surface area contributed by atoms with E-state index in [1.54, 1.807) is 0 Å². The van der Waals surface area contributed by atoms with E-state index in [0.29, 0.717) is 35.6 Å². The number of ether oxygens (including phenoxy) is 2. The number of aromatic nitrogens is 2. The second-order valence-corrected chi connectivity index (χ2v) is 7.48. The van der Waals surface area contributed by atoms with Crippen LogP contribution in [0.2, 0.25) is 0 Å². The van der Waals surface area contributed by atoms with Gasteiger partial charge in [-0.2, -0.15) is 0 Å². The van der Waals surface area contributed by atoms with E-state index in [1.807, 2.05) is 47.0 Å². The molecule has 2 N–H and O–H groups in total. The van der Waals surface area contributed by atoms with Crippen molar-refractivity contribution in [1.29, 1.82) is 0 Å². The summed E-state index contributed by atoms with van der Waals surface area (Å²) in [5.74, 6) is 0.260. The standard InChI is InChI=1S/C23H16N2O5/c26-10-13-8-16(23(27)28)18-9-15-14-3-1-2-4-17(14)24-21(15)22(25(13)18)12-5-6-19-20(7-12)30-11-29-19/h1-8,10,22,24H,9,11H2,(H,27,28). The van der Waals surface area contributed by atoms with Gasteiger partial charge in [-0.1, -0.05) is 24.3 Å². The quantitative estimate of drug-likeness (QED) is 0.450. The first-order valence-corrected chi connectivity index (χ1v) is 9.57. The molecule has 2 aromatic heterocycles. The summed E-state index contributed by atoms with van der Waals surface area (Å²) in [4.78, 5) is 27.3. The van der Waals surface area contributed by atoms with Crippen LogP contribution >= 0.6 is 0 Å². The van der Waals surface area contributed by atoms with E-state index in [-0.39, 0.29) is 18.4 Å². The molecule has 7 heteroatoms. The van der Waals surface area contributed by atoms with Crippen molar-refractivity contribution in [2.24, 2.45) is 0 Å². The zero-order valence-electron chi connectivity index (χ0n) is 15.7. The smallest absolute Gasteiger partial charge is 0.337 e. The summed E-state index contributed by atoms with van der Waals surface area (Å²) in [7, 11) is 0. The molecule has 1 atom stereocenters. The molecule has 0 aliphatic carbocycles. The fourth-order valence-corrected chi connectivity index (χ4v) is 4.69. The number of para-hydroxylation sites is 1. The number of benzene rings is 2. The van der Waals surface area contributed by atoms with Crippen LogP contribution in [0.4, 0.5) is 0 Å². The number of carboxylic acids is 1. The van der Waals surface area contributed by atoms with Crippen LogP contribution < -0.4 is 9.47 Å². The number of nitrogens with zero attached hydrogens (tertiary/aromatic N) is 1. The average Bonchev–Trinajstić information content (AvgIpc) is 3.46. The van der Waals surface area contributed by atoms with Crippen LogP contribution in [0, 0.1) is 0 Å². The van der Waals surface area contributed by atoms with E-state index in [2.05, 4.69) is 4.98 Å². The minimum absolute atomic E-state index is 0.152. The van der Waals surface area contributed by atoms with E-state index >= 15 is 0 Å². The fraction of sp³-hybridized carbons (Fsp3) is 0.130. The molecule has 2 aliphatic rings. The van der Waals surface area contributed by atoms with Gasteiger partial charge in [-0.15, -0.1) is 0 Å². The Morgan fingerprint density at radius 1 is 1.13 bits per heavy atom. The molecule has 0 saturated carbocycles. The largest absolute Gasteiger partial charge is 0.478 e. The first-order chi connectivity index (χ1) is 14.7. The summed E-state index contributed by atoms with van der Waals surface area (Å²) in [6.07, 6.45) is 1.14. The van der Waals surface area contributed by atoms with Gasteiger partial charge < -0.3 is 24.1 Å². The van der Waals surface area contributed by atoms with Crippen LogP contribution in [0.25, 0.3) is 10.9 Å². The Balaban J connectivity index is 1.67. The highest BCUT2D eigenvalue weighted by atomic mass is 16.7. The Kier molecular flexibility index (Phi) is 3.38. The Morgan fingerprint density at radius 3 is 2.80 bits per heavy atom. The van der Waals surface area contributed by atoms with Crippen LogP contribution in [0.15, 0.2) is 48.5 Å². The Morgan fingerprint density at radius 2 is 1.97 bits per heavy atom. The summed E-state index contributed by atoms with van der Waals surface area (Å²) in [5, 5.41) is 10.8. The highest BCUT2D eigenvalue weighted by molar-refractivity contribution is 5.93. The van der Waals surface area contributed by atoms with Crippen LogP contribution in [-0.4, -0.2) is 33.7 Å². The summed E-state index contributed by atoms with van der Waals surface area (Å²) in [5.41, 5.74) is 4.93. The van der Waals surface area contributed by atoms with Gasteiger partial charge in [-0.25, -0.2) is 4.79 Å². The van der Waals surface area contributed by atoms with Crippen molar-refractivity contribution in [3.63, 3.8) is 0 Å². The highest BCUT2D eigenvalue weighted by Crippen LogP contribution is 2.44. The number of H-pyrrole nitrogens is 1. The molecule has 7 nitrogen and oxygen atoms in total. The zero-order valence-corrected chi connectivity index (χ0v) is 15.7. The second-order valence-electron chi connectivity index (χ2n) is 7.48. The summed E-state index contributed by atoms with van der Waals surface area (Å²) < 4.78 is 12.8. The van der Waals surface area contributed by atoms with Gasteiger partial charge in [0, 0.05) is 28.7 Å². The van der Waals surface area contributed by atoms with E-state index in [1.165, 1.54) is 6.07 Å². The average molecular weight is 400 g/mol. The third kappa shape index (κ3) is 2.20. The Bertz CT molecular complexity index is 1360. The number of fused-ring (bicyclic) bond motifs is 5. The molecule has 2 aromatic carbocycles. The number of hydrogen-bond acceptors (Lipinski definition) is 4. The van der Waals surface area contributed by atoms with Crippen LogP contribution in [0.5, 0.6) is 11.5 Å². The second kappa shape index (κ2) is 6.00. The van der Waals surface area contributed by atoms with E-state index < -0.39 is 5.97 Å². The van der Waals surface area contributed by atoms with Gasteiger partial charge in [-0.05, 0) is 35.4 Å². The van der Waals surface area contributed by atoms with Crippen molar-refractivity contribution in [3.8, 4) is 11.5 Å². The maximum Gasteiger partial charge on any atom is 0.337 e. The maximum atomic E-state index is 11.9. The van der Waals surface area contributed by atoms with Gasteiger partial charge in [0.05, 0.1) is 17.3 Å². The molecular weight excluding hydrogens is 384 g/mol. The molecule has 6 rings (SSSR count). The molecule has 2 aliphatic heterocycles. The number of carbonyl (C=O) groups is 2. The number of carbonyl (C=O) groups excluding carboxylic acids is 1. The first kappa shape index (κ1) is 16.9. The third-order valence-corrected chi connectivity index (χ3v) is 5.96. The number of carboxylic acid groups (broad SMARTS) is 1. The molecule has 0 amide bonds. The first-order valence-electron chi connectivity index (χ1n) is 9.57. The molecule has 4 aromatic rings. The number of aromatic amines is 1. The Hall–Kier alpha value is -4.00. The minimum atomic E-state index is -1.04. The molecule has 30 heavy (non-hydrogen) atoms. The minimum Gasteiger partial charge on any atom is -0.478 e. The van der Waals surface area contributed by atoms with Crippen molar-refractivity contribution >= 4 is 23.2 Å². The number of aldehydes is 1. The van der Waals surface area contributed by atoms with Gasteiger partial charge in [0.2, 0.25) is 6.79 Å². The van der Waals surface area contributed by atoms with Crippen molar-refractivity contribution in [3.05, 3.63) is 82.3 Å². The molecular formula is C23H16N2O5. The number of nitrogens with one attached hydrogen (secondary N) is 1. The number of aromatic carboxylic acids is 1. The molecule has 1 unspecified atom stereocenters. The lowest BCUT2D eigenvalue weighted by atomic mass is 9.91. The van der Waals surface area contributed by atoms with Crippen LogP contribution in [0.1, 0.15) is 49.4 Å². The SMILES string of the molecule is O=Cc1cc(C(=O)O)c2n1C(c1ccc3c(c1)OCO3)c1[nH]c3ccccc3c1C2. The molecule has 0 spiro atoms. The van der Waals surface area contributed by atoms with Gasteiger partial charge in [0.15, 0.2) is 17.8 Å². The van der Waals surface area contributed by atoms with Gasteiger partial charge >= 0.3 is 5.97 Å². The summed E-state index contributed by atoms with van der Waals surface area (Å²) in [6.45, 7) is 0.165. The molecule has 0 bridgehead atoms. The lowest BCUT2D eigenvalue weighted by Gasteiger charge is -2.29. The van der Waals surface area contributed by atoms with Gasteiger partial charge in [0.25, 0.3) is 0 Å². The molecule has 0 radical (unpaired) electrons. The molecule has 148 valence electrons. The van der Waals surface area contributed by atoms with Crippen molar-refractivity contribution in [2.45, 2.75) is 12.5 Å². The molecule has 0 fully saturated rings. The Labute approximate surface area is 170 Å². The van der Waals surface area contributed by atoms with Crippen molar-refractivity contribution < 1.29 is 24.2 Å². The molecule has 4 heterocycles. The molecule has 0 saturated heterocycles. The summed E-state index contributed by atoms with van der Waals surface area (Å²) in [6, 6.07) is 14.7. The lowest BCUT2D eigenvalue weighted by molar-refractivity contribution is 0.0695. The number of rotatable bonds is 3. The predicted molar refractivity (Wildman–Crippen MR) is 108 cm³/mol. The third-order valence-electron chi connectivity index (χ3n) is 5.96. The normalized spacial score (nSPS) is 16.3. The highest BCUT2D eigenvalue weighted by Gasteiger charge is 2.35. The van der Waals surface area contributed by atoms with Crippen LogP contribution in [0.3, 0.4) is 0 Å². The van der Waals surface area contributed by atoms with Crippen LogP contribution in [-0.2, 0) is 6.42 Å². The zero-order chi connectivity index (χ0) is 20.4. The maximum absolute atomic E-state index is 11.9. The van der Waals surface area contributed by atoms with Crippen molar-refractivity contribution in [1.82, 2.24) is 9.55 Å². The van der Waals surface area contributed by atoms with E-state index in [0.717, 1.165) is 27.7 Å². The number of hydrogen-bond donors (Lipinski definition) is 2. The fourth-order valence-electron chi connectivity index (χ4n) is 4.69. The van der Waals surface area contributed by atoms with E-state index in [9.17, 15) is 14.7 Å². The van der Waals surface area contributed by atoms with Crippen molar-refractivity contribution in [2.75, 3.05) is 6.79 Å². The summed E-state index contributed by atoms with van der Waals surface area (Å²) >= 11 is 0. The van der Waals surface area contributed by atoms with E-state index in [4.69, 9.17) is 9.47 Å². The topological polar surface area (TPSA) is 93.6 Å². The lowest BCUT2D eigenvalue weighted by Crippen LogP contribution is -2.24. The predicted octanol–water partition coefficient (Wildman–Crippen LogP) is 3.75.